The summed E-state index contributed by atoms with van der Waals surface area (Å²) in [5.41, 5.74) is 39.5. The minimum absolute atomic E-state index is 0.0465. The summed E-state index contributed by atoms with van der Waals surface area (Å²) >= 11 is -4.98. The van der Waals surface area contributed by atoms with Crippen LogP contribution in [0.1, 0.15) is 227 Å². The molecule has 760 valence electrons. The van der Waals surface area contributed by atoms with E-state index in [0.717, 1.165) is 61.7 Å². The number of rotatable bonds is 17. The van der Waals surface area contributed by atoms with E-state index in [1.165, 1.54) is 167 Å². The molecule has 3 aliphatic carbocycles. The molecule has 18 heteroatoms. The Hall–Kier alpha value is -6.68. The predicted molar refractivity (Wildman–Crippen MR) is 623 cm³/mol. The molecule has 141 heavy (non-hydrogen) atoms. The van der Waals surface area contributed by atoms with E-state index >= 15 is 0 Å². The van der Waals surface area contributed by atoms with Gasteiger partial charge in [0.2, 0.25) is 0 Å². The van der Waals surface area contributed by atoms with E-state index in [0.29, 0.717) is 0 Å². The van der Waals surface area contributed by atoms with Crippen molar-refractivity contribution in [1.29, 1.82) is 0 Å². The molecule has 0 amide bonds. The number of nitrogens with zero attached hydrogens (tertiary/aromatic N) is 6. The third kappa shape index (κ3) is 35.3. The molecule has 6 aliphatic rings. The minimum atomic E-state index is -1.75. The number of ether oxygens (including phenoxy) is 1. The topological polar surface area (TPSA) is 32.2 Å². The summed E-state index contributed by atoms with van der Waals surface area (Å²) in [7, 11) is 33.4. The standard InChI is InChI=1S/3C21H27N2.C18H33P.C18H15P.C10H12O.2C7H6.6ClH.3Ru/c3*1-14-9-16(3)20(17(4)10-14)22-7-8-23(13-22)21-18(5)11-15(2)12-19(21)6;2*1-4-10-16(11-5-1)19(17-12-6-2-7-13-17)18-14-8-3-9-15-18;1-8(2)11-10-7-5-4-6-9(10)3;2*1-7-5-3-2-4-6-7;;;;;;;;;/h3*9-13H,7-8H2,1-6H3;16-18H,1-15H2;1-15H;3-8H,1-2H3;2*1-6H;6*1H;;;/q3*-1;;;;;;;;;;;;3*+2/p-3. The molecule has 0 bridgehead atoms. The quantitative estimate of drug-likeness (QED) is 0.0391. The summed E-state index contributed by atoms with van der Waals surface area (Å²) < 4.78 is 10.3. The van der Waals surface area contributed by atoms with Gasteiger partial charge in [-0.05, 0) is 305 Å². The fourth-order valence-corrected chi connectivity index (χ4v) is 35.4. The molecular formula is C123H156Cl6N6OP2Ru3. The molecule has 0 atom stereocenters. The maximum Gasteiger partial charge on any atom is 0.102 e. The molecule has 3 saturated heterocycles. The number of benzene rings is 12. The van der Waals surface area contributed by atoms with Crippen LogP contribution in [0.3, 0.4) is 0 Å². The number of aryl methyl sites for hydroxylation is 18. The molecule has 7 nitrogen and oxygen atoms in total. The van der Waals surface area contributed by atoms with E-state index < -0.39 is 48.5 Å². The van der Waals surface area contributed by atoms with Gasteiger partial charge in [0.25, 0.3) is 0 Å². The van der Waals surface area contributed by atoms with Crippen molar-refractivity contribution in [1.82, 2.24) is 0 Å². The van der Waals surface area contributed by atoms with Gasteiger partial charge in [-0.15, -0.1) is 0 Å². The predicted octanol–water partition coefficient (Wildman–Crippen LogP) is 33.3. The van der Waals surface area contributed by atoms with Crippen LogP contribution in [0.2, 0.25) is 0 Å². The van der Waals surface area contributed by atoms with E-state index in [1.54, 1.807) is 96.3 Å². The van der Waals surface area contributed by atoms with Crippen LogP contribution in [0.25, 0.3) is 0 Å². The maximum absolute atomic E-state index is 5.83. The van der Waals surface area contributed by atoms with Gasteiger partial charge in [0.05, 0.1) is 24.9 Å². The third-order valence-electron chi connectivity index (χ3n) is 27.0. The Bertz CT molecular complexity index is 5210. The number of anilines is 6. The van der Waals surface area contributed by atoms with Crippen molar-refractivity contribution in [3.8, 4) is 5.75 Å². The van der Waals surface area contributed by atoms with Gasteiger partial charge in [-0.1, -0.05) is 180 Å². The molecule has 12 aromatic rings. The summed E-state index contributed by atoms with van der Waals surface area (Å²) in [6.45, 7) is 56.8. The van der Waals surface area contributed by atoms with Crippen molar-refractivity contribution in [3.63, 3.8) is 0 Å². The second-order valence-corrected chi connectivity index (χ2v) is 62.6. The van der Waals surface area contributed by atoms with Crippen molar-refractivity contribution in [2.24, 2.45) is 0 Å². The van der Waals surface area contributed by atoms with Gasteiger partial charge in [0, 0.05) is 81.3 Å². The maximum atomic E-state index is 5.83. The molecule has 1 N–H and O–H groups in total. The molecule has 3 heterocycles. The number of halogens is 6. The molecule has 0 spiro atoms. The van der Waals surface area contributed by atoms with Gasteiger partial charge in [-0.3, -0.25) is 0 Å². The number of aliphatic hydroxyl groups is 1. The Kier molecular flexibility index (Phi) is 47.3. The monoisotopic (exact) mass is 2310 g/mol. The first-order valence-electron chi connectivity index (χ1n) is 50.6. The van der Waals surface area contributed by atoms with Crippen LogP contribution < -0.4 is 45.3 Å². The van der Waals surface area contributed by atoms with E-state index in [1.807, 2.05) is 113 Å². The Morgan fingerprint density at radius 2 is 0.468 bits per heavy atom. The van der Waals surface area contributed by atoms with Crippen LogP contribution in [0, 0.1) is 145 Å². The molecule has 0 radical (unpaired) electrons. The fraction of sp³-hybridized carbons (Fsp3) is 0.366. The van der Waals surface area contributed by atoms with Crippen molar-refractivity contribution in [2.75, 3.05) is 68.7 Å². The van der Waals surface area contributed by atoms with Gasteiger partial charge >= 0.3 is 245 Å². The summed E-state index contributed by atoms with van der Waals surface area (Å²) in [4.78, 5) is 14.4. The fourth-order valence-electron chi connectivity index (χ4n) is 22.2. The SMILES string of the molecule is C1CCC([PH+](C2CCCCC2)C2CCCCC2)CC1.CC(C)[OH+]c1ccccc1[CH]=[Ru]([Cl])[Cl].Cc1cc(C)c(N2[CH-]N(c3c(C)cc(C)cc3C)CC2)c(C)c1.Cc1cc(C)c(N2[CH-]N(c3c(C)cc(C)cc3C)CC2)c(C)c1.Cc1cc(C)c(N2[CH-]N(c3c(C)cc(C)cc3C)CC2)c(C)c1.[Cl][Ru]([Cl])=[CH]c1ccccc1.[Cl][Ru]([Cl])=[CH]c1ccccc1.c1ccc([PH+](c2ccccc2)c2ccccc2)cc1. The second-order valence-electron chi connectivity index (χ2n) is 39.5. The Labute approximate surface area is 892 Å². The number of hydrogen-bond donors (Lipinski definition) is 0. The largest absolute Gasteiger partial charge is 0.102 e. The summed E-state index contributed by atoms with van der Waals surface area (Å²) in [5, 5.41) is 4.31. The van der Waals surface area contributed by atoms with Crippen molar-refractivity contribution >= 4 is 138 Å². The van der Waals surface area contributed by atoms with Crippen LogP contribution in [0.15, 0.2) is 249 Å². The number of para-hydroxylation sites is 1. The summed E-state index contributed by atoms with van der Waals surface area (Å²) in [6, 6.07) is 87.5. The first-order chi connectivity index (χ1) is 67.7. The number of aromatic hydroxyl groups is 1. The molecule has 0 unspecified atom stereocenters. The van der Waals surface area contributed by atoms with Crippen molar-refractivity contribution in [2.45, 2.75) is 258 Å². The first-order valence-corrected chi connectivity index (χ1v) is 70.3. The zero-order valence-electron chi connectivity index (χ0n) is 87.3. The van der Waals surface area contributed by atoms with E-state index in [9.17, 15) is 0 Å². The Morgan fingerprint density at radius 3 is 0.674 bits per heavy atom. The van der Waals surface area contributed by atoms with Crippen molar-refractivity contribution < 1.29 is 45.3 Å². The average molecular weight is 2310 g/mol. The number of hydrogen-bond acceptors (Lipinski definition) is 6. The normalized spacial score (nSPS) is 15.2. The molecule has 3 aliphatic heterocycles. The smallest absolute Gasteiger partial charge is 0.0620 e. The summed E-state index contributed by atoms with van der Waals surface area (Å²) in [6.07, 6.45) is 24.1. The van der Waals surface area contributed by atoms with Crippen LogP contribution in [-0.2, 0) is 40.6 Å². The zero-order valence-corrected chi connectivity index (χ0v) is 99.0. The average Bonchev–Trinajstić information content (AvgIpc) is 1.67. The van der Waals surface area contributed by atoms with Crippen LogP contribution in [0.4, 0.5) is 34.1 Å². The van der Waals surface area contributed by atoms with Crippen LogP contribution in [0.5, 0.6) is 5.75 Å². The molecule has 0 aromatic heterocycles. The molecule has 12 aromatic carbocycles. The van der Waals surface area contributed by atoms with Crippen molar-refractivity contribution in [3.05, 3.63) is 386 Å². The van der Waals surface area contributed by atoms with Gasteiger partial charge in [-0.2, -0.15) is 20.0 Å². The molecule has 3 saturated carbocycles. The van der Waals surface area contributed by atoms with E-state index in [-0.39, 0.29) is 14.0 Å². The van der Waals surface area contributed by atoms with Crippen LogP contribution >= 0.6 is 74.0 Å². The second kappa shape index (κ2) is 58.2. The third-order valence-corrected chi connectivity index (χ3v) is 39.9. The molecule has 18 rings (SSSR count). The van der Waals surface area contributed by atoms with Gasteiger partial charge in [0.15, 0.2) is 0 Å². The zero-order chi connectivity index (χ0) is 101. The molecule has 6 fully saturated rings. The van der Waals surface area contributed by atoms with Crippen LogP contribution in [-0.4, -0.2) is 80.9 Å². The van der Waals surface area contributed by atoms with E-state index in [2.05, 4.69) is 343 Å². The first kappa shape index (κ1) is 115. The van der Waals surface area contributed by atoms with Gasteiger partial charge < -0.3 is 29.4 Å². The van der Waals surface area contributed by atoms with E-state index in [4.69, 9.17) is 58.1 Å². The summed E-state index contributed by atoms with van der Waals surface area (Å²) in [5.74, 6) is 0.975. The Balaban J connectivity index is 0.000000156. The Morgan fingerprint density at radius 1 is 0.270 bits per heavy atom. The minimum Gasteiger partial charge on any atom is -0.0620 e. The van der Waals surface area contributed by atoms with Gasteiger partial charge in [-0.25, -0.2) is 0 Å². The molecular weight excluding hydrogens is 2160 g/mol. The van der Waals surface area contributed by atoms with Gasteiger partial charge in [0.1, 0.15) is 15.9 Å².